The van der Waals surface area contributed by atoms with Gasteiger partial charge in [0.2, 0.25) is 0 Å². The number of rotatable bonds is 10. The molecule has 0 aromatic carbocycles. The van der Waals surface area contributed by atoms with E-state index in [4.69, 9.17) is 0 Å². The van der Waals surface area contributed by atoms with Crippen LogP contribution in [-0.4, -0.2) is 55.8 Å². The van der Waals surface area contributed by atoms with Gasteiger partial charge in [-0.3, -0.25) is 4.74 Å². The van der Waals surface area contributed by atoms with Crippen molar-refractivity contribution >= 4 is 5.97 Å². The molecule has 4 nitrogen and oxygen atoms in total. The van der Waals surface area contributed by atoms with Crippen molar-refractivity contribution in [3.8, 4) is 0 Å². The van der Waals surface area contributed by atoms with Crippen LogP contribution in [0.1, 0.15) is 13.8 Å². The van der Waals surface area contributed by atoms with E-state index in [0.29, 0.717) is 0 Å². The molecule has 0 fully saturated rings. The number of ether oxygens (including phenoxy) is 3. The fourth-order valence-electron chi connectivity index (χ4n) is 1.20. The summed E-state index contributed by atoms with van der Waals surface area (Å²) in [5.74, 6) is -12.9. The summed E-state index contributed by atoms with van der Waals surface area (Å²) in [7, 11) is 0. The van der Waals surface area contributed by atoms with Crippen LogP contribution < -0.4 is 0 Å². The molecule has 0 aromatic rings. The van der Waals surface area contributed by atoms with E-state index in [1.165, 1.54) is 6.92 Å². The van der Waals surface area contributed by atoms with E-state index in [9.17, 15) is 48.7 Å². The van der Waals surface area contributed by atoms with Gasteiger partial charge in [-0.25, -0.2) is 9.18 Å². The fraction of sp³-hybridized carbons (Fsp3) is 0.769. The minimum absolute atomic E-state index is 0.0581. The van der Waals surface area contributed by atoms with E-state index in [2.05, 4.69) is 20.8 Å². The molecule has 0 amide bonds. The highest BCUT2D eigenvalue weighted by molar-refractivity contribution is 5.87. The molecule has 0 rings (SSSR count). The second-order valence-corrected chi connectivity index (χ2v) is 5.30. The summed E-state index contributed by atoms with van der Waals surface area (Å²) < 4.78 is 137. The summed E-state index contributed by atoms with van der Waals surface area (Å²) in [6, 6.07) is 0. The third kappa shape index (κ3) is 6.83. The first-order valence-corrected chi connectivity index (χ1v) is 6.81. The quantitative estimate of drug-likeness (QED) is 0.299. The maximum atomic E-state index is 13.3. The standard InChI is InChI=1S/C13H14F10O4/c1-6(2)8(24)26-7(3)4-25-5-10(15,16)9(14)27-13(22,23)11(17,18)12(19,20)21/h7,9H,1,4-5H2,2-3H3. The lowest BCUT2D eigenvalue weighted by molar-refractivity contribution is -0.451. The smallest absolute Gasteiger partial charge is 0.457 e. The Hall–Kier alpha value is -1.57. The normalized spacial score (nSPS) is 16.0. The number of alkyl halides is 10. The van der Waals surface area contributed by atoms with Crippen LogP contribution in [0.15, 0.2) is 12.2 Å². The van der Waals surface area contributed by atoms with Gasteiger partial charge in [-0.05, 0) is 13.8 Å². The van der Waals surface area contributed by atoms with Gasteiger partial charge in [-0.2, -0.15) is 39.5 Å². The van der Waals surface area contributed by atoms with E-state index in [-0.39, 0.29) is 5.57 Å². The predicted octanol–water partition coefficient (Wildman–Crippen LogP) is 4.25. The lowest BCUT2D eigenvalue weighted by atomic mass is 10.3. The zero-order valence-corrected chi connectivity index (χ0v) is 13.7. The summed E-state index contributed by atoms with van der Waals surface area (Å²) in [5, 5.41) is 0. The van der Waals surface area contributed by atoms with Crippen LogP contribution in [-0.2, 0) is 19.0 Å². The molecule has 0 heterocycles. The van der Waals surface area contributed by atoms with Gasteiger partial charge in [0.15, 0.2) is 0 Å². The van der Waals surface area contributed by atoms with Gasteiger partial charge in [0.25, 0.3) is 6.36 Å². The van der Waals surface area contributed by atoms with Gasteiger partial charge in [-0.1, -0.05) is 6.58 Å². The first-order valence-electron chi connectivity index (χ1n) is 6.81. The first-order chi connectivity index (χ1) is 11.8. The van der Waals surface area contributed by atoms with Crippen LogP contribution in [0.3, 0.4) is 0 Å². The van der Waals surface area contributed by atoms with Crippen molar-refractivity contribution in [2.45, 2.75) is 50.4 Å². The minimum Gasteiger partial charge on any atom is -0.457 e. The lowest BCUT2D eigenvalue weighted by Crippen LogP contribution is -2.56. The van der Waals surface area contributed by atoms with E-state index in [1.807, 2.05) is 0 Å². The van der Waals surface area contributed by atoms with Crippen molar-refractivity contribution in [3.63, 3.8) is 0 Å². The summed E-state index contributed by atoms with van der Waals surface area (Å²) in [5.41, 5.74) is -0.0581. The highest BCUT2D eigenvalue weighted by Gasteiger charge is 2.75. The summed E-state index contributed by atoms with van der Waals surface area (Å²) in [4.78, 5) is 11.1. The van der Waals surface area contributed by atoms with Crippen molar-refractivity contribution in [1.82, 2.24) is 0 Å². The molecule has 27 heavy (non-hydrogen) atoms. The molecule has 14 heteroatoms. The Morgan fingerprint density at radius 3 is 1.93 bits per heavy atom. The van der Waals surface area contributed by atoms with Crippen LogP contribution in [0.25, 0.3) is 0 Å². The van der Waals surface area contributed by atoms with Gasteiger partial charge in [0.05, 0.1) is 6.61 Å². The van der Waals surface area contributed by atoms with Gasteiger partial charge < -0.3 is 9.47 Å². The van der Waals surface area contributed by atoms with Crippen LogP contribution in [0.5, 0.6) is 0 Å². The van der Waals surface area contributed by atoms with Gasteiger partial charge in [0, 0.05) is 5.57 Å². The second kappa shape index (κ2) is 8.63. The molecule has 0 saturated heterocycles. The second-order valence-electron chi connectivity index (χ2n) is 5.30. The van der Waals surface area contributed by atoms with Crippen molar-refractivity contribution in [2.75, 3.05) is 13.2 Å². The topological polar surface area (TPSA) is 44.8 Å². The SMILES string of the molecule is C=C(C)C(=O)OC(C)COCC(F)(F)C(F)OC(F)(F)C(F)(F)C(F)(F)F. The molecular formula is C13H14F10O4. The summed E-state index contributed by atoms with van der Waals surface area (Å²) in [6.07, 6.45) is -19.2. The largest absolute Gasteiger partial charge is 0.462 e. The molecular weight excluding hydrogens is 410 g/mol. The Morgan fingerprint density at radius 1 is 1.04 bits per heavy atom. The number of esters is 1. The van der Waals surface area contributed by atoms with Crippen molar-refractivity contribution in [1.29, 1.82) is 0 Å². The number of hydrogen-bond acceptors (Lipinski definition) is 4. The maximum Gasteiger partial charge on any atom is 0.462 e. The average Bonchev–Trinajstić information content (AvgIpc) is 2.44. The van der Waals surface area contributed by atoms with Crippen LogP contribution in [0.4, 0.5) is 43.9 Å². The molecule has 2 atom stereocenters. The zero-order valence-electron chi connectivity index (χ0n) is 13.7. The Morgan fingerprint density at radius 2 is 1.52 bits per heavy atom. The number of halogens is 10. The zero-order chi connectivity index (χ0) is 21.8. The third-order valence-corrected chi connectivity index (χ3v) is 2.61. The van der Waals surface area contributed by atoms with Crippen LogP contribution in [0, 0.1) is 0 Å². The van der Waals surface area contributed by atoms with Gasteiger partial charge in [-0.15, -0.1) is 0 Å². The average molecular weight is 424 g/mol. The molecule has 0 bridgehead atoms. The molecule has 160 valence electrons. The third-order valence-electron chi connectivity index (χ3n) is 2.61. The first kappa shape index (κ1) is 25.4. The molecule has 0 aromatic heterocycles. The Labute approximate surface area is 146 Å². The highest BCUT2D eigenvalue weighted by Crippen LogP contribution is 2.48. The van der Waals surface area contributed by atoms with Crippen LogP contribution in [0.2, 0.25) is 0 Å². The number of hydrogen-bond donors (Lipinski definition) is 0. The predicted molar refractivity (Wildman–Crippen MR) is 68.1 cm³/mol. The Bertz CT molecular complexity index is 532. The number of carbonyl (C=O) groups excluding carboxylic acids is 1. The monoisotopic (exact) mass is 424 g/mol. The van der Waals surface area contributed by atoms with Gasteiger partial charge in [0.1, 0.15) is 12.7 Å². The molecule has 0 N–H and O–H groups in total. The van der Waals surface area contributed by atoms with Crippen LogP contribution >= 0.6 is 0 Å². The minimum atomic E-state index is -6.92. The number of carbonyl (C=O) groups is 1. The van der Waals surface area contributed by atoms with Crippen molar-refractivity contribution < 1.29 is 62.9 Å². The molecule has 0 saturated carbocycles. The maximum absolute atomic E-state index is 13.3. The summed E-state index contributed by atoms with van der Waals surface area (Å²) in [6.45, 7) is 2.75. The molecule has 0 aliphatic heterocycles. The lowest BCUT2D eigenvalue weighted by Gasteiger charge is -2.30. The molecule has 2 unspecified atom stereocenters. The highest BCUT2D eigenvalue weighted by atomic mass is 19.4. The van der Waals surface area contributed by atoms with E-state index < -0.39 is 55.8 Å². The van der Waals surface area contributed by atoms with Crippen molar-refractivity contribution in [3.05, 3.63) is 12.2 Å². The Balaban J connectivity index is 4.79. The molecule has 0 aliphatic rings. The summed E-state index contributed by atoms with van der Waals surface area (Å²) >= 11 is 0. The molecule has 0 aliphatic carbocycles. The van der Waals surface area contributed by atoms with Gasteiger partial charge >= 0.3 is 30.1 Å². The molecule has 0 spiro atoms. The fourth-order valence-corrected chi connectivity index (χ4v) is 1.20. The van der Waals surface area contributed by atoms with E-state index in [1.54, 1.807) is 0 Å². The van der Waals surface area contributed by atoms with E-state index >= 15 is 0 Å². The Kier molecular flexibility index (Phi) is 8.12. The van der Waals surface area contributed by atoms with E-state index in [0.717, 1.165) is 6.92 Å². The van der Waals surface area contributed by atoms with Crippen molar-refractivity contribution in [2.24, 2.45) is 0 Å². The molecule has 0 radical (unpaired) electrons.